The van der Waals surface area contributed by atoms with Crippen molar-refractivity contribution < 1.29 is 28.3 Å². The van der Waals surface area contributed by atoms with Crippen molar-refractivity contribution in [3.63, 3.8) is 0 Å². The van der Waals surface area contributed by atoms with E-state index in [2.05, 4.69) is 31.5 Å². The van der Waals surface area contributed by atoms with Gasteiger partial charge in [-0.25, -0.2) is 14.6 Å². The third-order valence-corrected chi connectivity index (χ3v) is 7.56. The number of anilines is 1. The van der Waals surface area contributed by atoms with Gasteiger partial charge in [-0.05, 0) is 50.6 Å². The predicted octanol–water partition coefficient (Wildman–Crippen LogP) is 5.05. The molecule has 0 radical (unpaired) electrons. The second kappa shape index (κ2) is 12.6. The summed E-state index contributed by atoms with van der Waals surface area (Å²) in [6.07, 6.45) is 2.60. The average molecular weight is 627 g/mol. The van der Waals surface area contributed by atoms with Crippen LogP contribution in [0.25, 0.3) is 0 Å². The van der Waals surface area contributed by atoms with Crippen LogP contribution in [0.5, 0.6) is 0 Å². The maximum atomic E-state index is 13.8. The molecule has 1 aliphatic rings. The zero-order valence-corrected chi connectivity index (χ0v) is 24.6. The molecule has 0 saturated carbocycles. The molecule has 0 spiro atoms. The Balaban J connectivity index is 1.77. The smallest absolute Gasteiger partial charge is 0.360 e. The number of aromatic nitrogens is 1. The summed E-state index contributed by atoms with van der Waals surface area (Å²) in [5, 5.41) is 5.94. The molecule has 11 heteroatoms. The highest BCUT2D eigenvalue weighted by Crippen LogP contribution is 2.40. The first-order chi connectivity index (χ1) is 19.2. The molecule has 2 heterocycles. The number of nitrogens with one attached hydrogen (secondary N) is 2. The Morgan fingerprint density at radius 2 is 1.75 bits per heavy atom. The number of rotatable bonds is 10. The molecule has 40 heavy (non-hydrogen) atoms. The number of carbonyl (C=O) groups excluding carboxylic acids is 3. The first-order valence-corrected chi connectivity index (χ1v) is 13.8. The summed E-state index contributed by atoms with van der Waals surface area (Å²) in [6, 6.07) is 14.6. The lowest BCUT2D eigenvalue weighted by Gasteiger charge is -2.36. The number of hydrogen-bond acceptors (Lipinski definition) is 9. The summed E-state index contributed by atoms with van der Waals surface area (Å²) >= 11 is 9.31. The van der Waals surface area contributed by atoms with E-state index in [-0.39, 0.29) is 41.5 Å². The minimum Gasteiger partial charge on any atom is -0.464 e. The average Bonchev–Trinajstić information content (AvgIpc) is 3.54. The number of esters is 2. The molecule has 2 aromatic carbocycles. The molecular formula is C29H28BrN3O6S. The van der Waals surface area contributed by atoms with Crippen LogP contribution in [-0.4, -0.2) is 46.4 Å². The van der Waals surface area contributed by atoms with Gasteiger partial charge in [-0.15, -0.1) is 0 Å². The van der Waals surface area contributed by atoms with Gasteiger partial charge >= 0.3 is 11.9 Å². The number of oxazole rings is 1. The summed E-state index contributed by atoms with van der Waals surface area (Å²) in [5.74, 6) is -2.36. The lowest BCUT2D eigenvalue weighted by atomic mass is 9.74. The van der Waals surface area contributed by atoms with Crippen LogP contribution in [-0.2, 0) is 25.5 Å². The van der Waals surface area contributed by atoms with Gasteiger partial charge in [-0.2, -0.15) is 0 Å². The van der Waals surface area contributed by atoms with Crippen LogP contribution in [0, 0.1) is 6.92 Å². The van der Waals surface area contributed by atoms with Gasteiger partial charge in [-0.1, -0.05) is 58.0 Å². The maximum absolute atomic E-state index is 13.8. The Morgan fingerprint density at radius 1 is 1.07 bits per heavy atom. The molecule has 1 aliphatic heterocycles. The van der Waals surface area contributed by atoms with E-state index in [4.69, 9.17) is 26.1 Å². The lowest BCUT2D eigenvalue weighted by molar-refractivity contribution is -0.148. The first-order valence-electron chi connectivity index (χ1n) is 12.6. The van der Waals surface area contributed by atoms with Gasteiger partial charge in [0.25, 0.3) is 5.91 Å². The van der Waals surface area contributed by atoms with Crippen LogP contribution >= 0.6 is 28.1 Å². The summed E-state index contributed by atoms with van der Waals surface area (Å²) in [4.78, 5) is 43.8. The Labute approximate surface area is 245 Å². The second-order valence-corrected chi connectivity index (χ2v) is 10.4. The van der Waals surface area contributed by atoms with Crippen molar-refractivity contribution in [1.29, 1.82) is 0 Å². The zero-order chi connectivity index (χ0) is 28.9. The van der Waals surface area contributed by atoms with Gasteiger partial charge < -0.3 is 24.5 Å². The Hall–Kier alpha value is -3.83. The van der Waals surface area contributed by atoms with Crippen molar-refractivity contribution in [2.24, 2.45) is 0 Å². The van der Waals surface area contributed by atoms with Gasteiger partial charge in [0.05, 0.1) is 23.7 Å². The fourth-order valence-corrected chi connectivity index (χ4v) is 5.21. The van der Waals surface area contributed by atoms with Crippen LogP contribution in [0.4, 0.5) is 5.69 Å². The van der Waals surface area contributed by atoms with Gasteiger partial charge in [0.15, 0.2) is 17.6 Å². The fourth-order valence-electron chi connectivity index (χ4n) is 4.51. The fraction of sp³-hybridized carbons (Fsp3) is 0.276. The number of halogens is 1. The largest absolute Gasteiger partial charge is 0.464 e. The number of carbonyl (C=O) groups is 3. The quantitative estimate of drug-likeness (QED) is 0.236. The van der Waals surface area contributed by atoms with E-state index < -0.39 is 29.3 Å². The molecule has 0 fully saturated rings. The zero-order valence-electron chi connectivity index (χ0n) is 22.2. The number of thiocarbonyl (C=S) groups is 1. The van der Waals surface area contributed by atoms with Crippen LogP contribution < -0.4 is 10.6 Å². The highest BCUT2D eigenvalue weighted by atomic mass is 79.9. The van der Waals surface area contributed by atoms with Gasteiger partial charge in [0, 0.05) is 28.7 Å². The highest BCUT2D eigenvalue weighted by Gasteiger charge is 2.56. The molecule has 0 aliphatic carbocycles. The number of amides is 1. The number of benzene rings is 2. The van der Waals surface area contributed by atoms with Gasteiger partial charge in [0.1, 0.15) is 5.76 Å². The van der Waals surface area contributed by atoms with E-state index in [9.17, 15) is 14.4 Å². The SMILES string of the molecule is CCOC(=O)c1ncoc1C[C@@H](c1ccc(Br)cc1)[C@@]1(C(=O)OCC)NC=C(C(=O)Nc2ccc(C)cc2)C1=S. The van der Waals surface area contributed by atoms with Crippen LogP contribution in [0.2, 0.25) is 0 Å². The highest BCUT2D eigenvalue weighted by molar-refractivity contribution is 9.10. The van der Waals surface area contributed by atoms with Crippen LogP contribution in [0.1, 0.15) is 47.1 Å². The molecule has 3 aromatic rings. The van der Waals surface area contributed by atoms with Crippen LogP contribution in [0.3, 0.4) is 0 Å². The summed E-state index contributed by atoms with van der Waals surface area (Å²) in [5.41, 5.74) is 0.761. The Kier molecular flexibility index (Phi) is 9.16. The number of aryl methyl sites for hydroxylation is 1. The third kappa shape index (κ3) is 5.85. The minimum atomic E-state index is -1.67. The Bertz CT molecular complexity index is 1450. The van der Waals surface area contributed by atoms with Crippen LogP contribution in [0.15, 0.2) is 75.6 Å². The lowest BCUT2D eigenvalue weighted by Crippen LogP contribution is -2.58. The monoisotopic (exact) mass is 625 g/mol. The molecule has 0 saturated heterocycles. The Morgan fingerprint density at radius 3 is 2.40 bits per heavy atom. The van der Waals surface area contributed by atoms with E-state index in [1.807, 2.05) is 43.3 Å². The second-order valence-electron chi connectivity index (χ2n) is 9.03. The van der Waals surface area contributed by atoms with Gasteiger partial charge in [0.2, 0.25) is 0 Å². The summed E-state index contributed by atoms with van der Waals surface area (Å²) in [7, 11) is 0. The molecule has 2 N–H and O–H groups in total. The molecule has 0 unspecified atom stereocenters. The first kappa shape index (κ1) is 29.2. The summed E-state index contributed by atoms with van der Waals surface area (Å²) in [6.45, 7) is 5.56. The number of nitrogens with zero attached hydrogens (tertiary/aromatic N) is 1. The third-order valence-electron chi connectivity index (χ3n) is 6.49. The van der Waals surface area contributed by atoms with Crippen molar-refractivity contribution in [3.8, 4) is 0 Å². The van der Waals surface area contributed by atoms with E-state index in [0.29, 0.717) is 11.3 Å². The normalized spacial score (nSPS) is 17.0. The van der Waals surface area contributed by atoms with Crippen molar-refractivity contribution in [3.05, 3.63) is 93.8 Å². The van der Waals surface area contributed by atoms with Crippen molar-refractivity contribution in [2.75, 3.05) is 18.5 Å². The van der Waals surface area contributed by atoms with Gasteiger partial charge in [-0.3, -0.25) is 4.79 Å². The molecule has 1 amide bonds. The number of ether oxygens (including phenoxy) is 2. The summed E-state index contributed by atoms with van der Waals surface area (Å²) < 4.78 is 17.1. The molecule has 2 atom stereocenters. The molecule has 4 rings (SSSR count). The standard InChI is InChI=1S/C29H28BrN3O6S/c1-4-37-27(35)24-23(39-16-31-24)14-22(18-8-10-19(30)11-9-18)29(28(36)38-5-2)25(40)21(15-32-29)26(34)33-20-12-6-17(3)7-13-20/h6-13,15-16,22,32H,4-5,14H2,1-3H3,(H,33,34)/t22-,29+/m0/s1. The van der Waals surface area contributed by atoms with Crippen molar-refractivity contribution >= 4 is 56.5 Å². The van der Waals surface area contributed by atoms with Crippen molar-refractivity contribution in [2.45, 2.75) is 38.6 Å². The predicted molar refractivity (Wildman–Crippen MR) is 156 cm³/mol. The minimum absolute atomic E-state index is 0.00261. The molecule has 0 bridgehead atoms. The topological polar surface area (TPSA) is 120 Å². The molecule has 208 valence electrons. The molecular weight excluding hydrogens is 598 g/mol. The molecule has 1 aromatic heterocycles. The molecule has 9 nitrogen and oxygen atoms in total. The van der Waals surface area contributed by atoms with Crippen molar-refractivity contribution in [1.82, 2.24) is 10.3 Å². The van der Waals surface area contributed by atoms with E-state index in [1.165, 1.54) is 6.20 Å². The maximum Gasteiger partial charge on any atom is 0.360 e. The van der Waals surface area contributed by atoms with E-state index >= 15 is 0 Å². The number of hydrogen-bond donors (Lipinski definition) is 2. The van der Waals surface area contributed by atoms with E-state index in [0.717, 1.165) is 16.4 Å². The van der Waals surface area contributed by atoms with E-state index in [1.54, 1.807) is 26.0 Å².